The summed E-state index contributed by atoms with van der Waals surface area (Å²) in [6.45, 7) is 0.410. The number of carbonyl (C=O) groups is 2. The molecule has 41 heavy (non-hydrogen) atoms. The van der Waals surface area contributed by atoms with Crippen LogP contribution in [0.3, 0.4) is 0 Å². The first-order valence-corrected chi connectivity index (χ1v) is 14.4. The fraction of sp³-hybridized carbons (Fsp3) is 0.344. The van der Waals surface area contributed by atoms with Gasteiger partial charge in [0.25, 0.3) is 0 Å². The summed E-state index contributed by atoms with van der Waals surface area (Å²) in [5.41, 5.74) is 8.98. The number of nitrogens with zero attached hydrogens (tertiary/aromatic N) is 2. The highest BCUT2D eigenvalue weighted by molar-refractivity contribution is 6.30. The van der Waals surface area contributed by atoms with Gasteiger partial charge in [0.2, 0.25) is 5.91 Å². The van der Waals surface area contributed by atoms with Gasteiger partial charge in [-0.1, -0.05) is 48.7 Å². The average molecular weight is 574 g/mol. The maximum Gasteiger partial charge on any atom is 0.322 e. The van der Waals surface area contributed by atoms with Crippen molar-refractivity contribution < 1.29 is 14.0 Å². The third-order valence-electron chi connectivity index (χ3n) is 8.11. The number of anilines is 2. The number of halogens is 2. The van der Waals surface area contributed by atoms with E-state index in [1.165, 1.54) is 23.8 Å². The molecule has 2 aliphatic carbocycles. The van der Waals surface area contributed by atoms with E-state index in [0.717, 1.165) is 12.0 Å². The molecule has 1 saturated heterocycles. The minimum atomic E-state index is -0.903. The van der Waals surface area contributed by atoms with E-state index in [-0.39, 0.29) is 5.69 Å². The topological polar surface area (TPSA) is 111 Å². The molecule has 4 N–H and O–H groups in total. The lowest BCUT2D eigenvalue weighted by atomic mass is 9.77. The summed E-state index contributed by atoms with van der Waals surface area (Å²) in [5.74, 6) is -0.399. The summed E-state index contributed by atoms with van der Waals surface area (Å²) in [5, 5.41) is 15.4. The largest absolute Gasteiger partial charge is 0.322 e. The Morgan fingerprint density at radius 2 is 1.93 bits per heavy atom. The number of allylic oxidation sites excluding steroid dienone is 5. The van der Waals surface area contributed by atoms with Crippen molar-refractivity contribution in [3.8, 4) is 6.07 Å². The normalized spacial score (nSPS) is 19.9. The molecule has 3 aliphatic rings. The first-order valence-electron chi connectivity index (χ1n) is 14.0. The highest BCUT2D eigenvalue weighted by Gasteiger charge is 2.37. The second-order valence-corrected chi connectivity index (χ2v) is 11.4. The van der Waals surface area contributed by atoms with Gasteiger partial charge < -0.3 is 21.3 Å². The smallest absolute Gasteiger partial charge is 0.322 e. The van der Waals surface area contributed by atoms with Crippen LogP contribution >= 0.6 is 11.6 Å². The van der Waals surface area contributed by atoms with Gasteiger partial charge in [-0.2, -0.15) is 5.26 Å². The lowest BCUT2D eigenvalue weighted by Gasteiger charge is -2.33. The number of nitriles is 1. The van der Waals surface area contributed by atoms with E-state index < -0.39 is 29.3 Å². The van der Waals surface area contributed by atoms with Crippen molar-refractivity contribution in [2.75, 3.05) is 17.2 Å². The number of nitrogens with one attached hydrogen (secondary N) is 2. The van der Waals surface area contributed by atoms with Crippen molar-refractivity contribution in [1.29, 1.82) is 5.26 Å². The number of nitrogens with two attached hydrogens (primary N) is 1. The van der Waals surface area contributed by atoms with Crippen molar-refractivity contribution in [2.24, 2.45) is 11.7 Å². The standard InChI is InChI=1S/C32H33ClFN5O2/c33-25-11-13-26(14-12-25)37-31(41)39-18-2-5-29(39)30(40)38-28-19-24(10-15-27(28)34)32(36,17-16-21-6-7-21)23-4-1-3-22(20-35)8-9-23/h1,3-4,8,10-15,19,21,29H,2,5-7,9,16-18,36H2,(H,37,41)(H,38,40)/t29-,32?/m1/s1. The van der Waals surface area contributed by atoms with Gasteiger partial charge in [-0.05, 0) is 91.6 Å². The average Bonchev–Trinajstić information content (AvgIpc) is 3.73. The maximum atomic E-state index is 15.1. The van der Waals surface area contributed by atoms with E-state index >= 15 is 4.39 Å². The summed E-state index contributed by atoms with van der Waals surface area (Å²) < 4.78 is 15.1. The Balaban J connectivity index is 1.35. The van der Waals surface area contributed by atoms with Crippen LogP contribution < -0.4 is 16.4 Å². The lowest BCUT2D eigenvalue weighted by Crippen LogP contribution is -2.45. The number of carbonyl (C=O) groups excluding carboxylic acids is 2. The van der Waals surface area contributed by atoms with Gasteiger partial charge in [-0.15, -0.1) is 0 Å². The van der Waals surface area contributed by atoms with Gasteiger partial charge in [0.05, 0.1) is 17.3 Å². The zero-order valence-corrected chi connectivity index (χ0v) is 23.5. The number of hydrogen-bond donors (Lipinski definition) is 3. The van der Waals surface area contributed by atoms with Crippen LogP contribution in [-0.2, 0) is 10.3 Å². The van der Waals surface area contributed by atoms with Crippen molar-refractivity contribution in [1.82, 2.24) is 4.90 Å². The molecule has 0 aromatic heterocycles. The number of urea groups is 1. The third-order valence-corrected chi connectivity index (χ3v) is 8.36. The summed E-state index contributed by atoms with van der Waals surface area (Å²) in [6, 6.07) is 12.3. The Morgan fingerprint density at radius 1 is 1.15 bits per heavy atom. The Hall–Kier alpha value is -3.93. The van der Waals surface area contributed by atoms with Crippen LogP contribution in [-0.4, -0.2) is 29.4 Å². The lowest BCUT2D eigenvalue weighted by molar-refractivity contribution is -0.119. The third kappa shape index (κ3) is 6.70. The summed E-state index contributed by atoms with van der Waals surface area (Å²) >= 11 is 5.93. The summed E-state index contributed by atoms with van der Waals surface area (Å²) in [4.78, 5) is 27.8. The van der Waals surface area contributed by atoms with E-state index in [4.69, 9.17) is 17.3 Å². The molecule has 0 bridgehead atoms. The molecule has 1 saturated carbocycles. The predicted molar refractivity (Wildman–Crippen MR) is 159 cm³/mol. The Bertz CT molecular complexity index is 1460. The minimum absolute atomic E-state index is 0.0247. The molecule has 0 spiro atoms. The van der Waals surface area contributed by atoms with Gasteiger partial charge in [0, 0.05) is 22.8 Å². The highest BCUT2D eigenvalue weighted by atomic mass is 35.5. The molecule has 9 heteroatoms. The van der Waals surface area contributed by atoms with Gasteiger partial charge in [-0.25, -0.2) is 9.18 Å². The van der Waals surface area contributed by atoms with E-state index in [0.29, 0.717) is 60.0 Å². The molecule has 2 aromatic carbocycles. The number of rotatable bonds is 8. The molecule has 3 amide bonds. The molecule has 2 fully saturated rings. The molecule has 2 aromatic rings. The molecule has 5 rings (SSSR count). The van der Waals surface area contributed by atoms with Crippen molar-refractivity contribution in [2.45, 2.75) is 56.5 Å². The van der Waals surface area contributed by atoms with E-state index in [9.17, 15) is 14.9 Å². The van der Waals surface area contributed by atoms with Crippen LogP contribution in [0.25, 0.3) is 0 Å². The van der Waals surface area contributed by atoms with Crippen LogP contribution in [0.1, 0.15) is 50.5 Å². The van der Waals surface area contributed by atoms with Crippen molar-refractivity contribution in [3.63, 3.8) is 0 Å². The van der Waals surface area contributed by atoms with Gasteiger partial charge in [0.1, 0.15) is 11.9 Å². The number of likely N-dealkylation sites (tertiary alicyclic amines) is 1. The second-order valence-electron chi connectivity index (χ2n) is 11.0. The molecule has 1 heterocycles. The number of benzene rings is 2. The van der Waals surface area contributed by atoms with Crippen LogP contribution in [0.15, 0.2) is 77.9 Å². The monoisotopic (exact) mass is 573 g/mol. The highest BCUT2D eigenvalue weighted by Crippen LogP contribution is 2.42. The van der Waals surface area contributed by atoms with Crippen molar-refractivity contribution >= 4 is 34.9 Å². The van der Waals surface area contributed by atoms with Crippen molar-refractivity contribution in [3.05, 3.63) is 94.3 Å². The molecule has 7 nitrogen and oxygen atoms in total. The number of hydrogen-bond acceptors (Lipinski definition) is 4. The quantitative estimate of drug-likeness (QED) is 0.322. The fourth-order valence-corrected chi connectivity index (χ4v) is 5.62. The van der Waals surface area contributed by atoms with Gasteiger partial charge >= 0.3 is 6.03 Å². The molecule has 212 valence electrons. The molecule has 2 atom stereocenters. The van der Waals surface area contributed by atoms with Crippen LogP contribution in [0.5, 0.6) is 0 Å². The molecular weight excluding hydrogens is 541 g/mol. The Morgan fingerprint density at radius 3 is 2.66 bits per heavy atom. The zero-order chi connectivity index (χ0) is 29.0. The summed E-state index contributed by atoms with van der Waals surface area (Å²) in [6.07, 6.45) is 12.9. The van der Waals surface area contributed by atoms with Crippen LogP contribution in [0.4, 0.5) is 20.6 Å². The van der Waals surface area contributed by atoms with E-state index in [1.54, 1.807) is 42.5 Å². The Kier molecular flexibility index (Phi) is 8.57. The molecule has 0 radical (unpaired) electrons. The van der Waals surface area contributed by atoms with Gasteiger partial charge in [0.15, 0.2) is 0 Å². The number of amides is 3. The zero-order valence-electron chi connectivity index (χ0n) is 22.7. The van der Waals surface area contributed by atoms with Crippen LogP contribution in [0, 0.1) is 23.1 Å². The first kappa shape index (κ1) is 28.6. The van der Waals surface area contributed by atoms with Crippen LogP contribution in [0.2, 0.25) is 5.02 Å². The fourth-order valence-electron chi connectivity index (χ4n) is 5.49. The predicted octanol–water partition coefficient (Wildman–Crippen LogP) is 6.79. The maximum absolute atomic E-state index is 15.1. The molecular formula is C32H33ClFN5O2. The Labute approximate surface area is 244 Å². The van der Waals surface area contributed by atoms with E-state index in [2.05, 4.69) is 16.7 Å². The van der Waals surface area contributed by atoms with Gasteiger partial charge in [-0.3, -0.25) is 4.79 Å². The minimum Gasteiger partial charge on any atom is -0.322 e. The molecule has 1 unspecified atom stereocenters. The SMILES string of the molecule is N#CC1=CCC(C(N)(CCC2CC2)c2ccc(F)c(NC(=O)[C@H]3CCCN3C(=O)Nc3ccc(Cl)cc3)c2)=CC=C1. The first-order chi connectivity index (χ1) is 19.8. The second kappa shape index (κ2) is 12.3. The van der Waals surface area contributed by atoms with E-state index in [1.807, 2.05) is 18.2 Å². The summed E-state index contributed by atoms with van der Waals surface area (Å²) in [7, 11) is 0. The molecule has 1 aliphatic heterocycles.